The van der Waals surface area contributed by atoms with Crippen LogP contribution in [0.5, 0.6) is 0 Å². The van der Waals surface area contributed by atoms with Gasteiger partial charge in [-0.15, -0.1) is 5.53 Å². The number of nitrogen functional groups attached to an aromatic ring is 1. The summed E-state index contributed by atoms with van der Waals surface area (Å²) in [6.45, 7) is 6.58. The normalized spacial score (nSPS) is 13.7. The third-order valence-corrected chi connectivity index (χ3v) is 5.23. The number of hydrogen-bond donors (Lipinski definition) is 3. The molecule has 4 aromatic rings. The highest BCUT2D eigenvalue weighted by Gasteiger charge is 2.25. The highest BCUT2D eigenvalue weighted by molar-refractivity contribution is 5.88. The van der Waals surface area contributed by atoms with Crippen molar-refractivity contribution in [2.24, 2.45) is 0 Å². The fourth-order valence-corrected chi connectivity index (χ4v) is 3.88. The molecule has 0 aliphatic carbocycles. The minimum atomic E-state index is -0.171. The van der Waals surface area contributed by atoms with Crippen molar-refractivity contribution in [3.8, 4) is 22.5 Å². The van der Waals surface area contributed by atoms with E-state index in [4.69, 9.17) is 10.7 Å². The number of hydrogen-bond acceptors (Lipinski definition) is 7. The summed E-state index contributed by atoms with van der Waals surface area (Å²) >= 11 is 0. The van der Waals surface area contributed by atoms with Gasteiger partial charge >= 0.3 is 0 Å². The highest BCUT2D eigenvalue weighted by Crippen LogP contribution is 2.37. The average molecular weight is 413 g/mol. The number of nitrogens with zero attached hydrogens (tertiary/aromatic N) is 5. The van der Waals surface area contributed by atoms with Gasteiger partial charge in [-0.25, -0.2) is 15.0 Å². The summed E-state index contributed by atoms with van der Waals surface area (Å²) in [6.07, 6.45) is 7.27. The number of benzene rings is 2. The molecule has 0 amide bonds. The van der Waals surface area contributed by atoms with Crippen LogP contribution in [0.1, 0.15) is 20.8 Å². The number of fused-ring (bicyclic) bond motifs is 1. The number of nitrogens with two attached hydrogens (primary N) is 1. The second kappa shape index (κ2) is 7.10. The molecule has 0 saturated carbocycles. The second-order valence-electron chi connectivity index (χ2n) is 8.43. The zero-order chi connectivity index (χ0) is 21.6. The van der Waals surface area contributed by atoms with E-state index in [1.165, 1.54) is 0 Å². The topological polar surface area (TPSA) is 96.9 Å². The van der Waals surface area contributed by atoms with E-state index in [1.807, 2.05) is 29.5 Å². The lowest BCUT2D eigenvalue weighted by Gasteiger charge is -2.26. The lowest BCUT2D eigenvalue weighted by Crippen LogP contribution is -2.35. The predicted molar refractivity (Wildman–Crippen MR) is 123 cm³/mol. The molecule has 0 bridgehead atoms. The van der Waals surface area contributed by atoms with E-state index >= 15 is 0 Å². The minimum Gasteiger partial charge on any atom is -0.368 e. The van der Waals surface area contributed by atoms with E-state index in [-0.39, 0.29) is 11.5 Å². The third-order valence-electron chi connectivity index (χ3n) is 5.23. The number of rotatable bonds is 3. The van der Waals surface area contributed by atoms with Gasteiger partial charge in [0, 0.05) is 41.5 Å². The smallest absolute Gasteiger partial charge is 0.219 e. The Morgan fingerprint density at radius 2 is 1.74 bits per heavy atom. The molecule has 0 atom stereocenters. The summed E-state index contributed by atoms with van der Waals surface area (Å²) in [4.78, 5) is 13.3. The van der Waals surface area contributed by atoms with E-state index in [1.54, 1.807) is 12.4 Å². The number of nitrogens with one attached hydrogen (secondary N) is 2. The van der Waals surface area contributed by atoms with Gasteiger partial charge in [0.25, 0.3) is 0 Å². The Labute approximate surface area is 180 Å². The Morgan fingerprint density at radius 3 is 2.45 bits per heavy atom. The van der Waals surface area contributed by atoms with Crippen molar-refractivity contribution >= 4 is 22.7 Å². The van der Waals surface area contributed by atoms with Crippen LogP contribution >= 0.6 is 0 Å². The molecule has 4 N–H and O–H groups in total. The SMILES string of the molecule is CC(C)(C)n1c(-c2ccccc2N2C=CNN2)nc2cc(-c3cnc(N)nc3)ccc21. The lowest BCUT2D eigenvalue weighted by molar-refractivity contribution is 0.413. The maximum absolute atomic E-state index is 5.64. The first kappa shape index (κ1) is 19.1. The van der Waals surface area contributed by atoms with Crippen LogP contribution in [0.25, 0.3) is 33.5 Å². The van der Waals surface area contributed by atoms with Crippen molar-refractivity contribution in [3.63, 3.8) is 0 Å². The standard InChI is InChI=1S/C23H24N8/c1-23(2,3)31-20-9-8-15(16-13-25-22(24)26-14-16)12-18(20)28-21(31)17-6-4-5-7-19(17)30-11-10-27-29-30/h4-14,27,29H,1-3H3,(H2,24,25,26). The molecule has 1 aliphatic rings. The van der Waals surface area contributed by atoms with Crippen LogP contribution in [0.3, 0.4) is 0 Å². The van der Waals surface area contributed by atoms with Gasteiger partial charge in [0.2, 0.25) is 5.95 Å². The van der Waals surface area contributed by atoms with Gasteiger partial charge in [0.15, 0.2) is 0 Å². The van der Waals surface area contributed by atoms with Crippen LogP contribution < -0.4 is 21.7 Å². The second-order valence-corrected chi connectivity index (χ2v) is 8.43. The summed E-state index contributed by atoms with van der Waals surface area (Å²) in [5.74, 6) is 1.17. The number of anilines is 2. The summed E-state index contributed by atoms with van der Waals surface area (Å²) in [7, 11) is 0. The van der Waals surface area contributed by atoms with Crippen LogP contribution in [0.4, 0.5) is 11.6 Å². The molecule has 0 unspecified atom stereocenters. The van der Waals surface area contributed by atoms with Crippen molar-refractivity contribution in [3.05, 3.63) is 67.3 Å². The molecule has 0 fully saturated rings. The van der Waals surface area contributed by atoms with E-state index in [0.29, 0.717) is 0 Å². The quantitative estimate of drug-likeness (QED) is 0.471. The molecule has 2 aromatic heterocycles. The number of aromatic nitrogens is 4. The Balaban J connectivity index is 1.72. The fraction of sp³-hybridized carbons (Fsp3) is 0.174. The first-order valence-electron chi connectivity index (χ1n) is 10.1. The van der Waals surface area contributed by atoms with Crippen LogP contribution in [0.2, 0.25) is 0 Å². The zero-order valence-electron chi connectivity index (χ0n) is 17.7. The minimum absolute atomic E-state index is 0.171. The Morgan fingerprint density at radius 1 is 0.968 bits per heavy atom. The van der Waals surface area contributed by atoms with E-state index in [9.17, 15) is 0 Å². The first-order valence-corrected chi connectivity index (χ1v) is 10.1. The third kappa shape index (κ3) is 3.36. The lowest BCUT2D eigenvalue weighted by atomic mass is 10.0. The molecular weight excluding hydrogens is 388 g/mol. The van der Waals surface area contributed by atoms with Crippen molar-refractivity contribution in [1.29, 1.82) is 0 Å². The largest absolute Gasteiger partial charge is 0.368 e. The molecule has 5 rings (SSSR count). The Hall–Kier alpha value is -3.91. The van der Waals surface area contributed by atoms with Crippen molar-refractivity contribution < 1.29 is 0 Å². The summed E-state index contributed by atoms with van der Waals surface area (Å²) in [6, 6.07) is 14.5. The molecule has 1 aliphatic heterocycles. The number of para-hydroxylation sites is 1. The van der Waals surface area contributed by atoms with Gasteiger partial charge in [-0.2, -0.15) is 0 Å². The molecule has 31 heavy (non-hydrogen) atoms. The Bertz CT molecular complexity index is 1280. The summed E-state index contributed by atoms with van der Waals surface area (Å²) < 4.78 is 2.29. The van der Waals surface area contributed by atoms with Crippen LogP contribution in [-0.4, -0.2) is 19.5 Å². The number of imidazole rings is 1. The highest BCUT2D eigenvalue weighted by atomic mass is 15.7. The van der Waals surface area contributed by atoms with Gasteiger partial charge in [-0.3, -0.25) is 5.01 Å². The van der Waals surface area contributed by atoms with Gasteiger partial charge in [0.1, 0.15) is 5.82 Å². The maximum Gasteiger partial charge on any atom is 0.219 e. The average Bonchev–Trinajstić information content (AvgIpc) is 3.41. The maximum atomic E-state index is 5.64. The van der Waals surface area contributed by atoms with Crippen LogP contribution in [0, 0.1) is 0 Å². The van der Waals surface area contributed by atoms with Crippen molar-refractivity contribution in [2.45, 2.75) is 26.3 Å². The predicted octanol–water partition coefficient (Wildman–Crippen LogP) is 3.80. The van der Waals surface area contributed by atoms with Crippen LogP contribution in [0.15, 0.2) is 67.3 Å². The van der Waals surface area contributed by atoms with E-state index in [2.05, 4.69) is 76.6 Å². The molecule has 156 valence electrons. The van der Waals surface area contributed by atoms with Gasteiger partial charge in [-0.1, -0.05) is 18.2 Å². The Kier molecular flexibility index (Phi) is 4.37. The molecule has 2 aromatic carbocycles. The monoisotopic (exact) mass is 412 g/mol. The number of hydrazine groups is 2. The van der Waals surface area contributed by atoms with E-state index < -0.39 is 0 Å². The molecule has 0 spiro atoms. The molecule has 8 heteroatoms. The van der Waals surface area contributed by atoms with Gasteiger partial charge in [0.05, 0.1) is 16.7 Å². The molecule has 0 saturated heterocycles. The van der Waals surface area contributed by atoms with Crippen LogP contribution in [-0.2, 0) is 5.54 Å². The summed E-state index contributed by atoms with van der Waals surface area (Å²) in [5.41, 5.74) is 17.5. The fourth-order valence-electron chi connectivity index (χ4n) is 3.88. The first-order chi connectivity index (χ1) is 14.9. The van der Waals surface area contributed by atoms with Crippen molar-refractivity contribution in [2.75, 3.05) is 10.7 Å². The molecule has 3 heterocycles. The van der Waals surface area contributed by atoms with E-state index in [0.717, 1.165) is 39.2 Å². The van der Waals surface area contributed by atoms with Gasteiger partial charge in [-0.05, 0) is 50.6 Å². The molecular formula is C23H24N8. The molecule has 0 radical (unpaired) electrons. The summed E-state index contributed by atoms with van der Waals surface area (Å²) in [5, 5.41) is 1.94. The van der Waals surface area contributed by atoms with Gasteiger partial charge < -0.3 is 15.7 Å². The molecule has 8 nitrogen and oxygen atoms in total. The zero-order valence-corrected chi connectivity index (χ0v) is 17.7. The van der Waals surface area contributed by atoms with Crippen molar-refractivity contribution in [1.82, 2.24) is 30.5 Å².